The number of methoxy groups -OCH3 is 1. The highest BCUT2D eigenvalue weighted by Crippen LogP contribution is 2.28. The Kier molecular flexibility index (Phi) is 6.11. The normalized spacial score (nSPS) is 11.4. The first-order valence-electron chi connectivity index (χ1n) is 7.66. The smallest absolute Gasteiger partial charge is 0.319 e. The van der Waals surface area contributed by atoms with Crippen molar-refractivity contribution in [1.29, 1.82) is 0 Å². The zero-order chi connectivity index (χ0) is 18.6. The molecule has 0 aliphatic heterocycles. The molecule has 1 aromatic carbocycles. The first kappa shape index (κ1) is 19.3. The Hall–Kier alpha value is -2.02. The van der Waals surface area contributed by atoms with Gasteiger partial charge in [0, 0.05) is 11.1 Å². The average molecular weight is 367 g/mol. The molecule has 0 spiro atoms. The summed E-state index contributed by atoms with van der Waals surface area (Å²) >= 11 is 5.85. The third kappa shape index (κ3) is 4.75. The number of benzene rings is 1. The number of nitrogens with one attached hydrogen (secondary N) is 1. The zero-order valence-electron chi connectivity index (χ0n) is 14.3. The van der Waals surface area contributed by atoms with Crippen LogP contribution in [-0.2, 0) is 21.7 Å². The van der Waals surface area contributed by atoms with Gasteiger partial charge in [-0.05, 0) is 49.7 Å². The zero-order valence-corrected chi connectivity index (χ0v) is 15.0. The molecule has 2 N–H and O–H groups in total. The van der Waals surface area contributed by atoms with E-state index in [4.69, 9.17) is 11.6 Å². The quantitative estimate of drug-likeness (QED) is 0.769. The highest BCUT2D eigenvalue weighted by atomic mass is 35.5. The number of ether oxygens (including phenoxy) is 1. The fraction of sp³-hybridized carbons (Fsp3) is 0.333. The molecule has 25 heavy (non-hydrogen) atoms. The summed E-state index contributed by atoms with van der Waals surface area (Å²) in [4.78, 5) is 15.8. The molecule has 1 aromatic heterocycles. The lowest BCUT2D eigenvalue weighted by Gasteiger charge is -2.27. The number of nitrogens with zero attached hydrogens (tertiary/aromatic N) is 1. The SMILES string of the molecule is COC(=O)CNC(C)(C)c1cc(CO)nc(-c2ccc(F)c(Cl)c2)c1. The maximum atomic E-state index is 13.4. The molecule has 0 saturated carbocycles. The Bertz CT molecular complexity index is 781. The third-order valence-corrected chi connectivity index (χ3v) is 4.17. The number of aliphatic hydroxyl groups is 1. The summed E-state index contributed by atoms with van der Waals surface area (Å²) in [6, 6.07) is 7.89. The summed E-state index contributed by atoms with van der Waals surface area (Å²) in [6.45, 7) is 3.59. The Labute approximate surface area is 150 Å². The summed E-state index contributed by atoms with van der Waals surface area (Å²) < 4.78 is 18.0. The van der Waals surface area contributed by atoms with Crippen LogP contribution < -0.4 is 5.32 Å². The lowest BCUT2D eigenvalue weighted by Crippen LogP contribution is -2.40. The van der Waals surface area contributed by atoms with E-state index in [1.165, 1.54) is 19.2 Å². The monoisotopic (exact) mass is 366 g/mol. The van der Waals surface area contributed by atoms with Crippen LogP contribution in [0.2, 0.25) is 5.02 Å². The number of hydrogen-bond donors (Lipinski definition) is 2. The molecule has 2 rings (SSSR count). The minimum atomic E-state index is -0.584. The number of pyridine rings is 1. The minimum Gasteiger partial charge on any atom is -0.468 e. The van der Waals surface area contributed by atoms with E-state index in [2.05, 4.69) is 15.0 Å². The summed E-state index contributed by atoms with van der Waals surface area (Å²) in [7, 11) is 1.32. The van der Waals surface area contributed by atoms with Gasteiger partial charge < -0.3 is 9.84 Å². The van der Waals surface area contributed by atoms with Gasteiger partial charge in [-0.25, -0.2) is 4.39 Å². The average Bonchev–Trinajstić information content (AvgIpc) is 2.61. The van der Waals surface area contributed by atoms with Crippen LogP contribution >= 0.6 is 11.6 Å². The predicted octanol–water partition coefficient (Wildman–Crippen LogP) is 3.03. The van der Waals surface area contributed by atoms with Crippen molar-refractivity contribution in [2.45, 2.75) is 26.0 Å². The fourth-order valence-electron chi connectivity index (χ4n) is 2.30. The fourth-order valence-corrected chi connectivity index (χ4v) is 2.48. The second-order valence-corrected chi connectivity index (χ2v) is 6.48. The Morgan fingerprint density at radius 2 is 2.08 bits per heavy atom. The second-order valence-electron chi connectivity index (χ2n) is 6.07. The van der Waals surface area contributed by atoms with E-state index in [-0.39, 0.29) is 24.1 Å². The van der Waals surface area contributed by atoms with Gasteiger partial charge in [0.05, 0.1) is 36.7 Å². The summed E-state index contributed by atoms with van der Waals surface area (Å²) in [5.74, 6) is -0.890. The number of esters is 1. The molecule has 0 aliphatic rings. The van der Waals surface area contributed by atoms with Gasteiger partial charge in [0.2, 0.25) is 0 Å². The number of hydrogen-bond acceptors (Lipinski definition) is 5. The van der Waals surface area contributed by atoms with Gasteiger partial charge in [0.25, 0.3) is 0 Å². The van der Waals surface area contributed by atoms with E-state index in [0.29, 0.717) is 17.0 Å². The molecule has 0 radical (unpaired) electrons. The van der Waals surface area contributed by atoms with E-state index >= 15 is 0 Å². The summed E-state index contributed by atoms with van der Waals surface area (Å²) in [5.41, 5.74) is 1.87. The highest BCUT2D eigenvalue weighted by Gasteiger charge is 2.23. The number of halogens is 2. The molecule has 0 aliphatic carbocycles. The molecule has 134 valence electrons. The number of aromatic nitrogens is 1. The van der Waals surface area contributed by atoms with Gasteiger partial charge in [0.1, 0.15) is 5.82 Å². The third-order valence-electron chi connectivity index (χ3n) is 3.88. The van der Waals surface area contributed by atoms with E-state index in [0.717, 1.165) is 5.56 Å². The number of carbonyl (C=O) groups excluding carboxylic acids is 1. The van der Waals surface area contributed by atoms with Gasteiger partial charge in [-0.1, -0.05) is 11.6 Å². The molecule has 0 amide bonds. The van der Waals surface area contributed by atoms with Crippen molar-refractivity contribution >= 4 is 17.6 Å². The number of rotatable bonds is 6. The minimum absolute atomic E-state index is 0.00155. The lowest BCUT2D eigenvalue weighted by atomic mass is 9.92. The van der Waals surface area contributed by atoms with Gasteiger partial charge in [-0.15, -0.1) is 0 Å². The topological polar surface area (TPSA) is 71.5 Å². The highest BCUT2D eigenvalue weighted by molar-refractivity contribution is 6.31. The lowest BCUT2D eigenvalue weighted by molar-refractivity contribution is -0.139. The second kappa shape index (κ2) is 7.91. The number of carbonyl (C=O) groups is 1. The first-order chi connectivity index (χ1) is 11.8. The molecule has 1 heterocycles. The molecule has 5 nitrogen and oxygen atoms in total. The Balaban J connectivity index is 2.42. The molecule has 0 saturated heterocycles. The standard InChI is InChI=1S/C18H20ClFN2O3/c1-18(2,21-9-17(24)25-3)12-7-13(10-23)22-16(8-12)11-4-5-15(20)14(19)6-11/h4-8,21,23H,9-10H2,1-3H3. The maximum absolute atomic E-state index is 13.4. The molecular weight excluding hydrogens is 347 g/mol. The summed E-state index contributed by atoms with van der Waals surface area (Å²) in [5, 5.41) is 12.6. The van der Waals surface area contributed by atoms with Crippen molar-refractivity contribution in [3.8, 4) is 11.3 Å². The Morgan fingerprint density at radius 3 is 2.68 bits per heavy atom. The van der Waals surface area contributed by atoms with Gasteiger partial charge in [-0.3, -0.25) is 15.1 Å². The van der Waals surface area contributed by atoms with Crippen LogP contribution in [0, 0.1) is 5.82 Å². The van der Waals surface area contributed by atoms with Crippen LogP contribution in [0.5, 0.6) is 0 Å². The predicted molar refractivity (Wildman–Crippen MR) is 93.6 cm³/mol. The summed E-state index contributed by atoms with van der Waals surface area (Å²) in [6.07, 6.45) is 0. The van der Waals surface area contributed by atoms with Crippen LogP contribution in [0.15, 0.2) is 30.3 Å². The maximum Gasteiger partial charge on any atom is 0.319 e. The van der Waals surface area contributed by atoms with E-state index < -0.39 is 11.4 Å². The number of aliphatic hydroxyl groups excluding tert-OH is 1. The van der Waals surface area contributed by atoms with Gasteiger partial charge in [0.15, 0.2) is 0 Å². The van der Waals surface area contributed by atoms with E-state index in [1.807, 2.05) is 19.9 Å². The molecule has 7 heteroatoms. The van der Waals surface area contributed by atoms with E-state index in [9.17, 15) is 14.3 Å². The van der Waals surface area contributed by atoms with Crippen molar-refractivity contribution in [2.24, 2.45) is 0 Å². The molecule has 0 bridgehead atoms. The molecule has 0 fully saturated rings. The van der Waals surface area contributed by atoms with Gasteiger partial charge in [-0.2, -0.15) is 0 Å². The van der Waals surface area contributed by atoms with Crippen molar-refractivity contribution in [1.82, 2.24) is 10.3 Å². The van der Waals surface area contributed by atoms with Gasteiger partial charge >= 0.3 is 5.97 Å². The van der Waals surface area contributed by atoms with E-state index in [1.54, 1.807) is 12.1 Å². The van der Waals surface area contributed by atoms with Crippen molar-refractivity contribution in [2.75, 3.05) is 13.7 Å². The Morgan fingerprint density at radius 1 is 1.36 bits per heavy atom. The molecular formula is C18H20ClFN2O3. The van der Waals surface area contributed by atoms with Crippen molar-refractivity contribution < 1.29 is 19.0 Å². The molecule has 2 aromatic rings. The molecule has 0 unspecified atom stereocenters. The van der Waals surface area contributed by atoms with Crippen LogP contribution in [0.25, 0.3) is 11.3 Å². The van der Waals surface area contributed by atoms with Crippen molar-refractivity contribution in [3.63, 3.8) is 0 Å². The molecule has 0 atom stereocenters. The van der Waals surface area contributed by atoms with Crippen LogP contribution in [-0.4, -0.2) is 29.7 Å². The first-order valence-corrected chi connectivity index (χ1v) is 8.04. The van der Waals surface area contributed by atoms with Crippen molar-refractivity contribution in [3.05, 3.63) is 52.4 Å². The van der Waals surface area contributed by atoms with Crippen LogP contribution in [0.1, 0.15) is 25.1 Å². The van der Waals surface area contributed by atoms with Crippen LogP contribution in [0.3, 0.4) is 0 Å². The largest absolute Gasteiger partial charge is 0.468 e. The van der Waals surface area contributed by atoms with Crippen LogP contribution in [0.4, 0.5) is 4.39 Å².